The largest absolute Gasteiger partial charge is 0.330 e. The normalized spacial score (nSPS) is 27.3. The zero-order chi connectivity index (χ0) is 9.84. The summed E-state index contributed by atoms with van der Waals surface area (Å²) in [5, 5.41) is 0. The number of nitrogens with zero attached hydrogens (tertiary/aromatic N) is 1. The maximum absolute atomic E-state index is 11.2. The number of aldehydes is 1. The van der Waals surface area contributed by atoms with Gasteiger partial charge in [0.1, 0.15) is 0 Å². The lowest BCUT2D eigenvalue weighted by atomic mass is 10.1. The number of amides is 1. The van der Waals surface area contributed by atoms with Crippen molar-refractivity contribution in [3.63, 3.8) is 0 Å². The van der Waals surface area contributed by atoms with Crippen LogP contribution in [-0.2, 0) is 9.59 Å². The Labute approximate surface area is 78.4 Å². The summed E-state index contributed by atoms with van der Waals surface area (Å²) in [7, 11) is 0. The molecule has 13 heavy (non-hydrogen) atoms. The van der Waals surface area contributed by atoms with E-state index in [2.05, 4.69) is 6.58 Å². The van der Waals surface area contributed by atoms with Gasteiger partial charge in [-0.2, -0.15) is 0 Å². The molecule has 1 saturated heterocycles. The van der Waals surface area contributed by atoms with Crippen molar-refractivity contribution in [1.82, 2.24) is 4.90 Å². The standard InChI is InChI=1S/C10H15NO2/c1-3-4-9-6-5-8(2)11(9)10(13)7-12/h3,7-9H,1,4-6H2,2H3/t8-,9?/m1/s1. The lowest BCUT2D eigenvalue weighted by Gasteiger charge is -2.25. The summed E-state index contributed by atoms with van der Waals surface area (Å²) < 4.78 is 0. The number of hydrogen-bond donors (Lipinski definition) is 0. The van der Waals surface area contributed by atoms with Gasteiger partial charge in [0.2, 0.25) is 6.29 Å². The highest BCUT2D eigenvalue weighted by atomic mass is 16.2. The maximum atomic E-state index is 11.2. The molecule has 1 fully saturated rings. The molecule has 0 N–H and O–H groups in total. The SMILES string of the molecule is C=CCC1CC[C@@H](C)N1C(=O)C=O. The van der Waals surface area contributed by atoms with Gasteiger partial charge in [0.15, 0.2) is 0 Å². The van der Waals surface area contributed by atoms with E-state index in [0.717, 1.165) is 19.3 Å². The molecule has 0 aromatic carbocycles. The molecule has 1 heterocycles. The summed E-state index contributed by atoms with van der Waals surface area (Å²) in [6.07, 6.45) is 4.94. The Morgan fingerprint density at radius 1 is 1.62 bits per heavy atom. The smallest absolute Gasteiger partial charge is 0.287 e. The summed E-state index contributed by atoms with van der Waals surface area (Å²) in [5.74, 6) is -0.392. The van der Waals surface area contributed by atoms with Gasteiger partial charge >= 0.3 is 0 Å². The third kappa shape index (κ3) is 1.97. The van der Waals surface area contributed by atoms with Crippen LogP contribution in [0.15, 0.2) is 12.7 Å². The second kappa shape index (κ2) is 4.21. The fourth-order valence-electron chi connectivity index (χ4n) is 1.95. The highest BCUT2D eigenvalue weighted by Crippen LogP contribution is 2.25. The minimum Gasteiger partial charge on any atom is -0.330 e. The van der Waals surface area contributed by atoms with E-state index in [1.807, 2.05) is 6.92 Å². The monoisotopic (exact) mass is 181 g/mol. The second-order valence-corrected chi connectivity index (χ2v) is 3.47. The Morgan fingerprint density at radius 2 is 2.31 bits per heavy atom. The van der Waals surface area contributed by atoms with Gasteiger partial charge in [-0.25, -0.2) is 0 Å². The van der Waals surface area contributed by atoms with Gasteiger partial charge in [0.05, 0.1) is 0 Å². The molecule has 3 nitrogen and oxygen atoms in total. The molecular formula is C10H15NO2. The molecular weight excluding hydrogens is 166 g/mol. The van der Waals surface area contributed by atoms with Gasteiger partial charge in [-0.1, -0.05) is 6.08 Å². The first-order valence-corrected chi connectivity index (χ1v) is 4.59. The van der Waals surface area contributed by atoms with E-state index in [-0.39, 0.29) is 12.1 Å². The minimum absolute atomic E-state index is 0.185. The Kier molecular flexibility index (Phi) is 3.23. The predicted octanol–water partition coefficient (Wildman–Crippen LogP) is 1.14. The zero-order valence-corrected chi connectivity index (χ0v) is 7.90. The number of hydrogen-bond acceptors (Lipinski definition) is 2. The molecule has 0 aromatic heterocycles. The summed E-state index contributed by atoms with van der Waals surface area (Å²) in [4.78, 5) is 23.3. The van der Waals surface area contributed by atoms with Crippen LogP contribution in [0.25, 0.3) is 0 Å². The van der Waals surface area contributed by atoms with Crippen LogP contribution in [0.5, 0.6) is 0 Å². The third-order valence-corrected chi connectivity index (χ3v) is 2.58. The summed E-state index contributed by atoms with van der Waals surface area (Å²) in [6.45, 7) is 5.62. The Hall–Kier alpha value is -1.12. The van der Waals surface area contributed by atoms with Crippen molar-refractivity contribution < 1.29 is 9.59 Å². The fraction of sp³-hybridized carbons (Fsp3) is 0.600. The molecule has 2 atom stereocenters. The molecule has 0 saturated carbocycles. The lowest BCUT2D eigenvalue weighted by Crippen LogP contribution is -2.40. The van der Waals surface area contributed by atoms with E-state index in [1.54, 1.807) is 11.0 Å². The molecule has 0 spiro atoms. The van der Waals surface area contributed by atoms with Crippen molar-refractivity contribution in [2.24, 2.45) is 0 Å². The molecule has 1 rings (SSSR count). The molecule has 0 bridgehead atoms. The van der Waals surface area contributed by atoms with Gasteiger partial charge in [-0.15, -0.1) is 6.58 Å². The number of rotatable bonds is 3. The topological polar surface area (TPSA) is 37.4 Å². The fourth-order valence-corrected chi connectivity index (χ4v) is 1.95. The van der Waals surface area contributed by atoms with E-state index >= 15 is 0 Å². The van der Waals surface area contributed by atoms with E-state index < -0.39 is 5.91 Å². The van der Waals surface area contributed by atoms with Crippen molar-refractivity contribution in [2.45, 2.75) is 38.3 Å². The van der Waals surface area contributed by atoms with Crippen LogP contribution in [-0.4, -0.2) is 29.2 Å². The predicted molar refractivity (Wildman–Crippen MR) is 50.2 cm³/mol. The molecule has 72 valence electrons. The minimum atomic E-state index is -0.392. The lowest BCUT2D eigenvalue weighted by molar-refractivity contribution is -0.140. The van der Waals surface area contributed by atoms with Crippen molar-refractivity contribution in [3.8, 4) is 0 Å². The molecule has 1 aliphatic rings. The zero-order valence-electron chi connectivity index (χ0n) is 7.90. The summed E-state index contributed by atoms with van der Waals surface area (Å²) in [6, 6.07) is 0.382. The first-order valence-electron chi connectivity index (χ1n) is 4.59. The van der Waals surface area contributed by atoms with Gasteiger partial charge in [0.25, 0.3) is 5.91 Å². The van der Waals surface area contributed by atoms with Gasteiger partial charge < -0.3 is 4.90 Å². The van der Waals surface area contributed by atoms with Gasteiger partial charge in [0, 0.05) is 12.1 Å². The third-order valence-electron chi connectivity index (χ3n) is 2.58. The van der Waals surface area contributed by atoms with Crippen LogP contribution in [0, 0.1) is 0 Å². The van der Waals surface area contributed by atoms with Crippen LogP contribution in [0.2, 0.25) is 0 Å². The maximum Gasteiger partial charge on any atom is 0.287 e. The summed E-state index contributed by atoms with van der Waals surface area (Å²) >= 11 is 0. The van der Waals surface area contributed by atoms with Crippen molar-refractivity contribution in [2.75, 3.05) is 0 Å². The average Bonchev–Trinajstić information content (AvgIpc) is 2.47. The average molecular weight is 181 g/mol. The van der Waals surface area contributed by atoms with Crippen LogP contribution in [0.3, 0.4) is 0 Å². The van der Waals surface area contributed by atoms with Crippen molar-refractivity contribution in [1.29, 1.82) is 0 Å². The van der Waals surface area contributed by atoms with Crippen molar-refractivity contribution in [3.05, 3.63) is 12.7 Å². The van der Waals surface area contributed by atoms with Crippen LogP contribution in [0.4, 0.5) is 0 Å². The first kappa shape index (κ1) is 9.96. The Balaban J connectivity index is 2.69. The molecule has 0 aliphatic carbocycles. The number of likely N-dealkylation sites (tertiary alicyclic amines) is 1. The van der Waals surface area contributed by atoms with Crippen molar-refractivity contribution >= 4 is 12.2 Å². The quantitative estimate of drug-likeness (QED) is 0.372. The first-order chi connectivity index (χ1) is 6.20. The number of carbonyl (C=O) groups excluding carboxylic acids is 2. The Morgan fingerprint density at radius 3 is 2.85 bits per heavy atom. The molecule has 1 aliphatic heterocycles. The molecule has 0 aromatic rings. The van der Waals surface area contributed by atoms with E-state index in [9.17, 15) is 9.59 Å². The molecule has 3 heteroatoms. The highest BCUT2D eigenvalue weighted by molar-refractivity contribution is 6.23. The second-order valence-electron chi connectivity index (χ2n) is 3.47. The summed E-state index contributed by atoms with van der Waals surface area (Å²) in [5.41, 5.74) is 0. The molecule has 0 radical (unpaired) electrons. The molecule has 1 unspecified atom stereocenters. The van der Waals surface area contributed by atoms with E-state index in [1.165, 1.54) is 0 Å². The van der Waals surface area contributed by atoms with Gasteiger partial charge in [-0.3, -0.25) is 9.59 Å². The van der Waals surface area contributed by atoms with Crippen LogP contribution >= 0.6 is 0 Å². The Bertz CT molecular complexity index is 225. The van der Waals surface area contributed by atoms with Gasteiger partial charge in [-0.05, 0) is 26.2 Å². The van der Waals surface area contributed by atoms with Crippen LogP contribution < -0.4 is 0 Å². The number of carbonyl (C=O) groups is 2. The molecule has 1 amide bonds. The van der Waals surface area contributed by atoms with Crippen LogP contribution in [0.1, 0.15) is 26.2 Å². The highest BCUT2D eigenvalue weighted by Gasteiger charge is 2.32. The van der Waals surface area contributed by atoms with E-state index in [0.29, 0.717) is 6.29 Å². The van der Waals surface area contributed by atoms with E-state index in [4.69, 9.17) is 0 Å².